The average molecular weight is 530 g/mol. The highest BCUT2D eigenvalue weighted by Gasteiger charge is 2.48. The summed E-state index contributed by atoms with van der Waals surface area (Å²) in [6.07, 6.45) is -1.19. The third-order valence-corrected chi connectivity index (χ3v) is 7.44. The minimum Gasteiger partial charge on any atom is -0.385 e. The number of rotatable bonds is 8. The molecule has 2 N–H and O–H groups in total. The van der Waals surface area contributed by atoms with E-state index in [1.54, 1.807) is 36.3 Å². The molecule has 0 saturated carbocycles. The van der Waals surface area contributed by atoms with Gasteiger partial charge in [-0.3, -0.25) is 9.67 Å². The molecule has 4 aromatic rings. The smallest absolute Gasteiger partial charge is 0.265 e. The van der Waals surface area contributed by atoms with E-state index in [9.17, 15) is 18.3 Å². The molecular formula is C27H27ClF3N5O. The van der Waals surface area contributed by atoms with Crippen molar-refractivity contribution in [1.29, 1.82) is 0 Å². The van der Waals surface area contributed by atoms with E-state index in [1.807, 2.05) is 35.2 Å². The van der Waals surface area contributed by atoms with E-state index < -0.39 is 23.9 Å². The number of nitrogens with zero attached hydrogens (tertiary/aromatic N) is 4. The lowest BCUT2D eigenvalue weighted by molar-refractivity contribution is -0.0555. The summed E-state index contributed by atoms with van der Waals surface area (Å²) in [6, 6.07) is 14.3. The maximum atomic E-state index is 15.0. The van der Waals surface area contributed by atoms with Gasteiger partial charge >= 0.3 is 0 Å². The number of alkyl halides is 3. The first kappa shape index (κ1) is 25.5. The molecule has 37 heavy (non-hydrogen) atoms. The van der Waals surface area contributed by atoms with Crippen molar-refractivity contribution < 1.29 is 18.3 Å². The number of hydrogen-bond donors (Lipinski definition) is 2. The predicted molar refractivity (Wildman–Crippen MR) is 138 cm³/mol. The lowest BCUT2D eigenvalue weighted by Crippen LogP contribution is -2.58. The molecule has 0 amide bonds. The lowest BCUT2D eigenvalue weighted by atomic mass is 9.90. The zero-order valence-electron chi connectivity index (χ0n) is 20.2. The van der Waals surface area contributed by atoms with Crippen LogP contribution in [0.2, 0.25) is 0 Å². The second kappa shape index (κ2) is 10.3. The lowest BCUT2D eigenvalue weighted by Gasteiger charge is -2.35. The first-order chi connectivity index (χ1) is 17.8. The number of aliphatic hydroxyl groups excluding tert-OH is 1. The number of nitrogens with one attached hydrogen (secondary N) is 1. The third kappa shape index (κ3) is 4.91. The molecule has 3 heterocycles. The molecule has 2 aromatic carbocycles. The van der Waals surface area contributed by atoms with Crippen LogP contribution in [0.5, 0.6) is 0 Å². The Balaban J connectivity index is 1.43. The topological polar surface area (TPSA) is 66.2 Å². The third-order valence-electron chi connectivity index (χ3n) is 7.15. The molecule has 6 nitrogen and oxygen atoms in total. The minimum absolute atomic E-state index is 0.125. The van der Waals surface area contributed by atoms with Gasteiger partial charge in [0.25, 0.3) is 6.43 Å². The number of hydrogen-bond acceptors (Lipinski definition) is 5. The van der Waals surface area contributed by atoms with Gasteiger partial charge in [-0.1, -0.05) is 30.3 Å². The van der Waals surface area contributed by atoms with E-state index in [2.05, 4.69) is 15.4 Å². The molecule has 10 heteroatoms. The van der Waals surface area contributed by atoms with E-state index in [0.29, 0.717) is 47.5 Å². The zero-order chi connectivity index (χ0) is 26.2. The van der Waals surface area contributed by atoms with Crippen LogP contribution in [0, 0.1) is 5.82 Å². The van der Waals surface area contributed by atoms with Crippen LogP contribution >= 0.6 is 11.6 Å². The van der Waals surface area contributed by atoms with Gasteiger partial charge in [0.15, 0.2) is 0 Å². The van der Waals surface area contributed by atoms with Crippen molar-refractivity contribution in [3.8, 4) is 11.3 Å². The first-order valence-corrected chi connectivity index (χ1v) is 12.5. The van der Waals surface area contributed by atoms with Gasteiger partial charge in [-0.05, 0) is 29.7 Å². The molecule has 0 aliphatic carbocycles. The highest BCUT2D eigenvalue weighted by molar-refractivity contribution is 6.17. The Morgan fingerprint density at radius 1 is 1.16 bits per heavy atom. The summed E-state index contributed by atoms with van der Waals surface area (Å²) in [5, 5.41) is 18.7. The maximum absolute atomic E-state index is 15.0. The molecule has 1 fully saturated rings. The van der Waals surface area contributed by atoms with Crippen LogP contribution in [0.25, 0.3) is 22.2 Å². The normalized spacial score (nSPS) is 18.7. The van der Waals surface area contributed by atoms with Crippen molar-refractivity contribution >= 4 is 28.2 Å². The number of pyridine rings is 1. The fourth-order valence-electron chi connectivity index (χ4n) is 5.04. The van der Waals surface area contributed by atoms with Crippen molar-refractivity contribution in [2.24, 2.45) is 7.05 Å². The SMILES string of the molecule is Cn1ncc2cc(-c3cc(CCl)c(N4CC[C@](NCc5ccccc5)([C@H](O)C(F)F)C4)cn3)c(F)cc21. The summed E-state index contributed by atoms with van der Waals surface area (Å²) in [5.41, 5.74) is 2.50. The summed E-state index contributed by atoms with van der Waals surface area (Å²) in [6.45, 7) is 0.910. The maximum Gasteiger partial charge on any atom is 0.265 e. The summed E-state index contributed by atoms with van der Waals surface area (Å²) in [5.74, 6) is -0.304. The van der Waals surface area contributed by atoms with Gasteiger partial charge in [0.1, 0.15) is 11.9 Å². The fourth-order valence-corrected chi connectivity index (χ4v) is 5.26. The van der Waals surface area contributed by atoms with Crippen LogP contribution in [0.3, 0.4) is 0 Å². The van der Waals surface area contributed by atoms with Crippen molar-refractivity contribution in [1.82, 2.24) is 20.1 Å². The molecule has 194 valence electrons. The quantitative estimate of drug-likeness (QED) is 0.319. The minimum atomic E-state index is -2.90. The molecule has 5 rings (SSSR count). The Labute approximate surface area is 217 Å². The number of aryl methyl sites for hydroxylation is 1. The molecule has 2 atom stereocenters. The number of fused-ring (bicyclic) bond motifs is 1. The Kier molecular flexibility index (Phi) is 7.11. The largest absolute Gasteiger partial charge is 0.385 e. The van der Waals surface area contributed by atoms with E-state index in [0.717, 1.165) is 10.9 Å². The highest BCUT2D eigenvalue weighted by atomic mass is 35.5. The summed E-state index contributed by atoms with van der Waals surface area (Å²) >= 11 is 6.29. The number of aromatic nitrogens is 3. The molecule has 1 saturated heterocycles. The molecule has 0 unspecified atom stereocenters. The van der Waals surface area contributed by atoms with Crippen LogP contribution in [-0.2, 0) is 19.5 Å². The molecule has 0 radical (unpaired) electrons. The molecule has 1 aliphatic rings. The van der Waals surface area contributed by atoms with Gasteiger partial charge in [0.2, 0.25) is 0 Å². The number of anilines is 1. The van der Waals surface area contributed by atoms with Crippen molar-refractivity contribution in [2.45, 2.75) is 36.9 Å². The molecule has 2 aromatic heterocycles. The van der Waals surface area contributed by atoms with E-state index in [-0.39, 0.29) is 12.4 Å². The second-order valence-electron chi connectivity index (χ2n) is 9.44. The average Bonchev–Trinajstić information content (AvgIpc) is 3.51. The van der Waals surface area contributed by atoms with E-state index in [4.69, 9.17) is 11.6 Å². The monoisotopic (exact) mass is 529 g/mol. The number of benzene rings is 2. The Morgan fingerprint density at radius 3 is 2.68 bits per heavy atom. The van der Waals surface area contributed by atoms with Crippen LogP contribution in [0.1, 0.15) is 17.5 Å². The number of halogens is 4. The van der Waals surface area contributed by atoms with Gasteiger partial charge in [-0.25, -0.2) is 13.2 Å². The Hall–Kier alpha value is -3.14. The van der Waals surface area contributed by atoms with Gasteiger partial charge in [0.05, 0.1) is 34.8 Å². The van der Waals surface area contributed by atoms with Crippen molar-refractivity contribution in [2.75, 3.05) is 18.0 Å². The zero-order valence-corrected chi connectivity index (χ0v) is 21.0. The van der Waals surface area contributed by atoms with Crippen LogP contribution < -0.4 is 10.2 Å². The van der Waals surface area contributed by atoms with Crippen molar-refractivity contribution in [3.63, 3.8) is 0 Å². The number of aliphatic hydroxyl groups is 1. The van der Waals surface area contributed by atoms with Crippen molar-refractivity contribution in [3.05, 3.63) is 77.9 Å². The molecule has 1 aliphatic heterocycles. The molecule has 0 spiro atoms. The van der Waals surface area contributed by atoms with Gasteiger partial charge in [-0.15, -0.1) is 11.6 Å². The second-order valence-corrected chi connectivity index (χ2v) is 9.70. The Bertz CT molecular complexity index is 1400. The predicted octanol–water partition coefficient (Wildman–Crippen LogP) is 4.88. The molecule has 0 bridgehead atoms. The fraction of sp³-hybridized carbons (Fsp3) is 0.333. The Morgan fingerprint density at radius 2 is 1.95 bits per heavy atom. The highest BCUT2D eigenvalue weighted by Crippen LogP contribution is 2.36. The van der Waals surface area contributed by atoms with Crippen LogP contribution in [0.15, 0.2) is 60.9 Å². The van der Waals surface area contributed by atoms with Gasteiger partial charge < -0.3 is 15.3 Å². The summed E-state index contributed by atoms with van der Waals surface area (Å²) < 4.78 is 44.0. The first-order valence-electron chi connectivity index (χ1n) is 12.0. The van der Waals surface area contributed by atoms with E-state index in [1.165, 1.54) is 6.07 Å². The molecular weight excluding hydrogens is 503 g/mol. The summed E-state index contributed by atoms with van der Waals surface area (Å²) in [7, 11) is 1.75. The van der Waals surface area contributed by atoms with Gasteiger partial charge in [0, 0.05) is 49.6 Å². The van der Waals surface area contributed by atoms with Gasteiger partial charge in [-0.2, -0.15) is 5.10 Å². The van der Waals surface area contributed by atoms with Crippen LogP contribution in [-0.4, -0.2) is 51.0 Å². The summed E-state index contributed by atoms with van der Waals surface area (Å²) in [4.78, 5) is 6.40. The van der Waals surface area contributed by atoms with E-state index >= 15 is 0 Å². The van der Waals surface area contributed by atoms with Crippen LogP contribution in [0.4, 0.5) is 18.9 Å². The standard InChI is InChI=1S/C27H27ClF3N5O/c1-35-23-11-21(29)20(9-19(23)14-34-35)22-10-18(12-28)24(15-32-22)36-8-7-27(16-36,25(37)26(30)31)33-13-17-5-3-2-4-6-17/h2-6,9-11,14-15,25-26,33,37H,7-8,12-13,16H2,1H3/t25-,27-/m1/s1.